The number of rotatable bonds is 10. The molecule has 1 aromatic heterocycles. The molecule has 11 heteroatoms. The Bertz CT molecular complexity index is 1190. The summed E-state index contributed by atoms with van der Waals surface area (Å²) >= 11 is 1.37. The lowest BCUT2D eigenvalue weighted by Crippen LogP contribution is -2.43. The van der Waals surface area contributed by atoms with Crippen LogP contribution in [0.2, 0.25) is 0 Å². The van der Waals surface area contributed by atoms with Crippen molar-refractivity contribution in [1.82, 2.24) is 9.88 Å². The van der Waals surface area contributed by atoms with Crippen LogP contribution < -0.4 is 10.4 Å². The number of nitrogens with zero attached hydrogens (tertiary/aromatic N) is 3. The highest BCUT2D eigenvalue weighted by Crippen LogP contribution is 2.37. The van der Waals surface area contributed by atoms with Gasteiger partial charge in [-0.25, -0.2) is 14.6 Å². The van der Waals surface area contributed by atoms with Gasteiger partial charge in [0.15, 0.2) is 5.13 Å². The van der Waals surface area contributed by atoms with Gasteiger partial charge in [-0.05, 0) is 93.1 Å². The van der Waals surface area contributed by atoms with E-state index < -0.39 is 35.6 Å². The summed E-state index contributed by atoms with van der Waals surface area (Å²) in [4.78, 5) is 34.7. The Kier molecular flexibility index (Phi) is 11.0. The molecule has 0 aliphatic carbocycles. The van der Waals surface area contributed by atoms with Crippen molar-refractivity contribution < 1.29 is 28.4 Å². The van der Waals surface area contributed by atoms with Gasteiger partial charge in [0.05, 0.1) is 17.2 Å². The number of unbranched alkanes of at least 4 members (excludes halogenated alkanes) is 1. The third-order valence-corrected chi connectivity index (χ3v) is 8.29. The number of carbonyl (C=O) groups excluding carboxylic acids is 2. The van der Waals surface area contributed by atoms with Gasteiger partial charge in [-0.15, -0.1) is 11.3 Å². The molecule has 1 aliphatic heterocycles. The van der Waals surface area contributed by atoms with E-state index in [0.717, 1.165) is 23.9 Å². The molecule has 0 unspecified atom stereocenters. The Labute approximate surface area is 262 Å². The van der Waals surface area contributed by atoms with Crippen molar-refractivity contribution in [3.05, 3.63) is 41.4 Å². The Hall–Kier alpha value is -2.63. The fourth-order valence-corrected chi connectivity index (χ4v) is 5.22. The van der Waals surface area contributed by atoms with E-state index in [4.69, 9.17) is 18.8 Å². The van der Waals surface area contributed by atoms with Gasteiger partial charge in [0.1, 0.15) is 11.2 Å². The van der Waals surface area contributed by atoms with E-state index in [9.17, 15) is 9.59 Å². The molecule has 238 valence electrons. The number of aromatic nitrogens is 1. The predicted octanol–water partition coefficient (Wildman–Crippen LogP) is 7.35. The normalized spacial score (nSPS) is 17.0. The maximum Gasteiger partial charge on any atom is 0.494 e. The van der Waals surface area contributed by atoms with E-state index in [1.54, 1.807) is 16.0 Å². The predicted molar refractivity (Wildman–Crippen MR) is 173 cm³/mol. The monoisotopic (exact) mass is 615 g/mol. The lowest BCUT2D eigenvalue weighted by Gasteiger charge is -2.35. The molecule has 0 bridgehead atoms. The van der Waals surface area contributed by atoms with Gasteiger partial charge < -0.3 is 23.7 Å². The molecule has 9 nitrogen and oxygen atoms in total. The molecule has 0 spiro atoms. The first-order chi connectivity index (χ1) is 19.8. The summed E-state index contributed by atoms with van der Waals surface area (Å²) in [5.74, 6) is 0. The van der Waals surface area contributed by atoms with Crippen LogP contribution in [0, 0.1) is 0 Å². The molecule has 1 fully saturated rings. The van der Waals surface area contributed by atoms with Gasteiger partial charge in [-0.3, -0.25) is 4.90 Å². The number of amides is 2. The van der Waals surface area contributed by atoms with Gasteiger partial charge in [0, 0.05) is 24.7 Å². The minimum Gasteiger partial charge on any atom is -0.444 e. The third-order valence-electron chi connectivity index (χ3n) is 7.49. The van der Waals surface area contributed by atoms with E-state index in [1.807, 2.05) is 98.9 Å². The smallest absolute Gasteiger partial charge is 0.444 e. The third kappa shape index (κ3) is 9.43. The van der Waals surface area contributed by atoms with Crippen LogP contribution in [-0.4, -0.2) is 64.7 Å². The molecule has 0 saturated carbocycles. The summed E-state index contributed by atoms with van der Waals surface area (Å²) in [6, 6.07) is 7.62. The highest BCUT2D eigenvalue weighted by Gasteiger charge is 2.51. The molecule has 1 aliphatic rings. The summed E-state index contributed by atoms with van der Waals surface area (Å²) in [6.07, 6.45) is 2.96. The zero-order valence-corrected chi connectivity index (χ0v) is 28.7. The van der Waals surface area contributed by atoms with Crippen LogP contribution in [0.1, 0.15) is 107 Å². The molecule has 43 heavy (non-hydrogen) atoms. The molecule has 2 aromatic rings. The van der Waals surface area contributed by atoms with Crippen molar-refractivity contribution in [1.29, 1.82) is 0 Å². The zero-order valence-electron chi connectivity index (χ0n) is 27.9. The highest BCUT2D eigenvalue weighted by atomic mass is 32.1. The number of hydrogen-bond donors (Lipinski definition) is 0. The lowest BCUT2D eigenvalue weighted by atomic mass is 9.78. The average molecular weight is 616 g/mol. The summed E-state index contributed by atoms with van der Waals surface area (Å²) in [7, 11) is -0.493. The largest absolute Gasteiger partial charge is 0.494 e. The molecule has 1 aromatic carbocycles. The first-order valence-corrected chi connectivity index (χ1v) is 16.1. The number of benzene rings is 1. The fourth-order valence-electron chi connectivity index (χ4n) is 4.56. The van der Waals surface area contributed by atoms with Crippen LogP contribution in [0.3, 0.4) is 0 Å². The van der Waals surface area contributed by atoms with Crippen LogP contribution in [0.5, 0.6) is 0 Å². The van der Waals surface area contributed by atoms with Crippen LogP contribution in [0.15, 0.2) is 35.8 Å². The topological polar surface area (TPSA) is 90.4 Å². The highest BCUT2D eigenvalue weighted by molar-refractivity contribution is 7.13. The maximum absolute atomic E-state index is 13.6. The second-order valence-electron chi connectivity index (χ2n) is 14.0. The van der Waals surface area contributed by atoms with Crippen molar-refractivity contribution in [3.8, 4) is 0 Å². The van der Waals surface area contributed by atoms with Gasteiger partial charge in [-0.2, -0.15) is 0 Å². The van der Waals surface area contributed by atoms with Crippen LogP contribution in [-0.2, 0) is 18.8 Å². The first kappa shape index (κ1) is 34.9. The summed E-state index contributed by atoms with van der Waals surface area (Å²) in [6.45, 7) is 22.1. The molecular formula is C32H50BN3O6S. The SMILES string of the molecule is CCCCN(C(=O)OC(C)(C)C)[C@@H](CCN(C(=O)OC(C)(C)C)c1nccs1)c1ccc(B2OC(C)(C)C(C)(C)O2)cc1. The van der Waals surface area contributed by atoms with Crippen molar-refractivity contribution >= 4 is 41.2 Å². The molecule has 0 N–H and O–H groups in total. The standard InChI is InChI=1S/C32H50BN3O6S/c1-12-13-20-35(27(37)39-29(2,3)4)25(18-21-36(26-34-19-22-43-26)28(38)40-30(5,6)7)23-14-16-24(17-15-23)33-41-31(8,9)32(10,11)42-33/h14-17,19,22,25H,12-13,18,20-21H2,1-11H3/t25-/m0/s1. The lowest BCUT2D eigenvalue weighted by molar-refractivity contribution is 0.00578. The van der Waals surface area contributed by atoms with Gasteiger partial charge in [-0.1, -0.05) is 37.6 Å². The van der Waals surface area contributed by atoms with Crippen LogP contribution in [0.25, 0.3) is 0 Å². The zero-order chi connectivity index (χ0) is 32.2. The Morgan fingerprint density at radius 3 is 1.98 bits per heavy atom. The Balaban J connectivity index is 1.97. The summed E-state index contributed by atoms with van der Waals surface area (Å²) in [5.41, 5.74) is -0.405. The molecule has 1 saturated heterocycles. The Morgan fingerprint density at radius 1 is 0.930 bits per heavy atom. The van der Waals surface area contributed by atoms with Gasteiger partial charge >= 0.3 is 19.3 Å². The van der Waals surface area contributed by atoms with E-state index in [1.165, 1.54) is 11.3 Å². The van der Waals surface area contributed by atoms with E-state index >= 15 is 0 Å². The summed E-state index contributed by atoms with van der Waals surface area (Å²) in [5, 5.41) is 2.37. The second-order valence-corrected chi connectivity index (χ2v) is 14.9. The molecule has 2 heterocycles. The van der Waals surface area contributed by atoms with Gasteiger partial charge in [0.25, 0.3) is 0 Å². The Morgan fingerprint density at radius 2 is 1.49 bits per heavy atom. The number of anilines is 1. The van der Waals surface area contributed by atoms with Crippen molar-refractivity contribution in [2.45, 2.75) is 124 Å². The molecule has 0 radical (unpaired) electrons. The molecule has 2 amide bonds. The molecule has 3 rings (SSSR count). The van der Waals surface area contributed by atoms with E-state index in [-0.39, 0.29) is 18.7 Å². The van der Waals surface area contributed by atoms with Crippen molar-refractivity contribution in [2.24, 2.45) is 0 Å². The second kappa shape index (κ2) is 13.6. The molecule has 1 atom stereocenters. The first-order valence-electron chi connectivity index (χ1n) is 15.2. The maximum atomic E-state index is 13.6. The minimum absolute atomic E-state index is 0.289. The van der Waals surface area contributed by atoms with E-state index in [0.29, 0.717) is 18.1 Å². The number of ether oxygens (including phenoxy) is 2. The van der Waals surface area contributed by atoms with Gasteiger partial charge in [0.2, 0.25) is 0 Å². The van der Waals surface area contributed by atoms with Crippen LogP contribution in [0.4, 0.5) is 14.7 Å². The molecular weight excluding hydrogens is 565 g/mol. The van der Waals surface area contributed by atoms with Crippen LogP contribution >= 0.6 is 11.3 Å². The fraction of sp³-hybridized carbons (Fsp3) is 0.656. The van der Waals surface area contributed by atoms with Crippen molar-refractivity contribution in [3.63, 3.8) is 0 Å². The quantitative estimate of drug-likeness (QED) is 0.258. The average Bonchev–Trinajstić information content (AvgIpc) is 3.46. The number of carbonyl (C=O) groups is 2. The summed E-state index contributed by atoms with van der Waals surface area (Å²) < 4.78 is 24.1. The number of hydrogen-bond acceptors (Lipinski definition) is 8. The number of thiazole rings is 1. The minimum atomic E-state index is -0.668. The van der Waals surface area contributed by atoms with E-state index in [2.05, 4.69) is 11.9 Å². The van der Waals surface area contributed by atoms with Crippen molar-refractivity contribution in [2.75, 3.05) is 18.0 Å².